The molecular weight excluding hydrogens is 292 g/mol. The number of halogens is 1. The number of likely N-dealkylation sites (N-methyl/N-ethyl adjacent to an activating group) is 1. The van der Waals surface area contributed by atoms with E-state index in [1.807, 2.05) is 4.90 Å². The predicted molar refractivity (Wildman–Crippen MR) is 82.3 cm³/mol. The van der Waals surface area contributed by atoms with E-state index < -0.39 is 0 Å². The van der Waals surface area contributed by atoms with Gasteiger partial charge in [0, 0.05) is 38.9 Å². The molecule has 21 heavy (non-hydrogen) atoms. The quantitative estimate of drug-likeness (QED) is 0.793. The minimum atomic E-state index is -0.155. The summed E-state index contributed by atoms with van der Waals surface area (Å²) in [5.41, 5.74) is 6.59. The van der Waals surface area contributed by atoms with Crippen LogP contribution in [0.1, 0.15) is 10.4 Å². The first-order valence-corrected chi connectivity index (χ1v) is 7.17. The van der Waals surface area contributed by atoms with E-state index in [1.54, 1.807) is 30.1 Å². The summed E-state index contributed by atoms with van der Waals surface area (Å²) in [6.07, 6.45) is 0. The minimum Gasteiger partial charge on any atom is -0.398 e. The number of nitrogens with two attached hydrogens (primary N) is 1. The Bertz CT molecular complexity index is 522. The molecule has 1 aliphatic rings. The summed E-state index contributed by atoms with van der Waals surface area (Å²) in [6, 6.07) is 5.05. The number of carbonyl (C=O) groups is 2. The number of hydrogen-bond acceptors (Lipinski definition) is 4. The molecule has 1 heterocycles. The maximum absolute atomic E-state index is 12.5. The number of benzene rings is 1. The van der Waals surface area contributed by atoms with Gasteiger partial charge < -0.3 is 16.0 Å². The molecule has 0 bridgehead atoms. The monoisotopic (exact) mass is 310 g/mol. The van der Waals surface area contributed by atoms with Crippen molar-refractivity contribution in [3.05, 3.63) is 28.8 Å². The molecule has 1 saturated heterocycles. The molecule has 2 amide bonds. The number of carbonyl (C=O) groups excluding carboxylic acids is 2. The summed E-state index contributed by atoms with van der Waals surface area (Å²) in [5.74, 6) is -0.178. The Morgan fingerprint density at radius 3 is 2.52 bits per heavy atom. The van der Waals surface area contributed by atoms with Crippen molar-refractivity contribution in [1.29, 1.82) is 0 Å². The van der Waals surface area contributed by atoms with Crippen LogP contribution in [0.15, 0.2) is 18.2 Å². The third-order valence-electron chi connectivity index (χ3n) is 3.57. The lowest BCUT2D eigenvalue weighted by atomic mass is 10.1. The summed E-state index contributed by atoms with van der Waals surface area (Å²) in [4.78, 5) is 27.6. The fourth-order valence-corrected chi connectivity index (χ4v) is 2.58. The second kappa shape index (κ2) is 6.78. The smallest absolute Gasteiger partial charge is 0.257 e. The van der Waals surface area contributed by atoms with Crippen molar-refractivity contribution >= 4 is 29.1 Å². The van der Waals surface area contributed by atoms with Crippen LogP contribution in [0.25, 0.3) is 0 Å². The number of amides is 2. The molecule has 1 fully saturated rings. The first kappa shape index (κ1) is 15.6. The topological polar surface area (TPSA) is 78.7 Å². The number of hydrogen-bond donors (Lipinski definition) is 2. The molecular formula is C14H19ClN4O2. The van der Waals surface area contributed by atoms with Crippen molar-refractivity contribution in [1.82, 2.24) is 15.1 Å². The van der Waals surface area contributed by atoms with Crippen molar-refractivity contribution in [2.24, 2.45) is 0 Å². The molecule has 0 atom stereocenters. The summed E-state index contributed by atoms with van der Waals surface area (Å²) in [7, 11) is 1.61. The molecule has 2 rings (SSSR count). The van der Waals surface area contributed by atoms with Gasteiger partial charge >= 0.3 is 0 Å². The first-order valence-electron chi connectivity index (χ1n) is 6.79. The number of rotatable bonds is 3. The average Bonchev–Trinajstić information content (AvgIpc) is 2.47. The number of anilines is 1. The highest BCUT2D eigenvalue weighted by Gasteiger charge is 2.25. The molecule has 1 aromatic carbocycles. The fourth-order valence-electron chi connectivity index (χ4n) is 2.32. The van der Waals surface area contributed by atoms with Crippen molar-refractivity contribution in [2.45, 2.75) is 0 Å². The van der Waals surface area contributed by atoms with Gasteiger partial charge in [0.25, 0.3) is 5.91 Å². The summed E-state index contributed by atoms with van der Waals surface area (Å²) >= 11 is 6.07. The Labute approximate surface area is 128 Å². The standard InChI is InChI=1S/C14H19ClN4O2/c1-17-12(20)9-18-5-7-19(8-6-18)14(21)13-10(15)3-2-4-11(13)16/h2-4H,5-9,16H2,1H3,(H,17,20). The molecule has 0 unspecified atom stereocenters. The van der Waals surface area contributed by atoms with E-state index in [0.717, 1.165) is 0 Å². The van der Waals surface area contributed by atoms with Crippen molar-refractivity contribution in [2.75, 3.05) is 45.5 Å². The van der Waals surface area contributed by atoms with Gasteiger partial charge in [-0.05, 0) is 12.1 Å². The Hall–Kier alpha value is -1.79. The number of piperazine rings is 1. The molecule has 0 saturated carbocycles. The van der Waals surface area contributed by atoms with Crippen LogP contribution in [-0.4, -0.2) is 61.4 Å². The van der Waals surface area contributed by atoms with E-state index in [9.17, 15) is 9.59 Å². The van der Waals surface area contributed by atoms with Gasteiger partial charge in [0.1, 0.15) is 0 Å². The Morgan fingerprint density at radius 2 is 1.95 bits per heavy atom. The van der Waals surface area contributed by atoms with E-state index in [0.29, 0.717) is 49.0 Å². The van der Waals surface area contributed by atoms with Gasteiger partial charge in [-0.1, -0.05) is 17.7 Å². The highest BCUT2D eigenvalue weighted by atomic mass is 35.5. The summed E-state index contributed by atoms with van der Waals surface area (Å²) < 4.78 is 0. The largest absolute Gasteiger partial charge is 0.398 e. The van der Waals surface area contributed by atoms with Gasteiger partial charge in [0.05, 0.1) is 17.1 Å². The van der Waals surface area contributed by atoms with Gasteiger partial charge in [-0.15, -0.1) is 0 Å². The zero-order chi connectivity index (χ0) is 15.4. The van der Waals surface area contributed by atoms with Crippen LogP contribution in [0.3, 0.4) is 0 Å². The van der Waals surface area contributed by atoms with Crippen LogP contribution in [0.5, 0.6) is 0 Å². The van der Waals surface area contributed by atoms with Crippen LogP contribution in [0, 0.1) is 0 Å². The average molecular weight is 311 g/mol. The number of nitrogen functional groups attached to an aromatic ring is 1. The summed E-state index contributed by atoms with van der Waals surface area (Å²) in [5, 5.41) is 2.96. The molecule has 1 aromatic rings. The minimum absolute atomic E-state index is 0.0230. The fraction of sp³-hybridized carbons (Fsp3) is 0.429. The molecule has 0 aromatic heterocycles. The Kier molecular flexibility index (Phi) is 5.03. The maximum atomic E-state index is 12.5. The van der Waals surface area contributed by atoms with Crippen LogP contribution in [-0.2, 0) is 4.79 Å². The first-order chi connectivity index (χ1) is 10.0. The highest BCUT2D eigenvalue weighted by Crippen LogP contribution is 2.24. The van der Waals surface area contributed by atoms with Crippen LogP contribution >= 0.6 is 11.6 Å². The zero-order valence-corrected chi connectivity index (χ0v) is 12.7. The number of nitrogens with one attached hydrogen (secondary N) is 1. The van der Waals surface area contributed by atoms with E-state index in [4.69, 9.17) is 17.3 Å². The van der Waals surface area contributed by atoms with E-state index in [2.05, 4.69) is 5.32 Å². The molecule has 3 N–H and O–H groups in total. The summed E-state index contributed by atoms with van der Waals surface area (Å²) in [6.45, 7) is 2.78. The SMILES string of the molecule is CNC(=O)CN1CCN(C(=O)c2c(N)cccc2Cl)CC1. The van der Waals surface area contributed by atoms with Gasteiger partial charge in [-0.3, -0.25) is 14.5 Å². The van der Waals surface area contributed by atoms with Crippen LogP contribution in [0.2, 0.25) is 5.02 Å². The van der Waals surface area contributed by atoms with Crippen molar-refractivity contribution in [3.63, 3.8) is 0 Å². The second-order valence-corrected chi connectivity index (χ2v) is 5.35. The van der Waals surface area contributed by atoms with E-state index >= 15 is 0 Å². The van der Waals surface area contributed by atoms with Crippen LogP contribution in [0.4, 0.5) is 5.69 Å². The molecule has 0 radical (unpaired) electrons. The van der Waals surface area contributed by atoms with E-state index in [-0.39, 0.29) is 11.8 Å². The molecule has 114 valence electrons. The third kappa shape index (κ3) is 3.65. The van der Waals surface area contributed by atoms with Gasteiger partial charge in [-0.25, -0.2) is 0 Å². The number of nitrogens with zero attached hydrogens (tertiary/aromatic N) is 2. The Morgan fingerprint density at radius 1 is 1.29 bits per heavy atom. The molecule has 0 aliphatic carbocycles. The third-order valence-corrected chi connectivity index (χ3v) is 3.88. The molecule has 0 spiro atoms. The van der Waals surface area contributed by atoms with Gasteiger partial charge in [0.15, 0.2) is 0 Å². The lowest BCUT2D eigenvalue weighted by Crippen LogP contribution is -2.51. The van der Waals surface area contributed by atoms with Gasteiger partial charge in [0.2, 0.25) is 5.91 Å². The Balaban J connectivity index is 1.99. The molecule has 1 aliphatic heterocycles. The predicted octanol–water partition coefficient (Wildman–Crippen LogP) is 0.426. The lowest BCUT2D eigenvalue weighted by Gasteiger charge is -2.34. The van der Waals surface area contributed by atoms with Gasteiger partial charge in [-0.2, -0.15) is 0 Å². The molecule has 6 nitrogen and oxygen atoms in total. The molecule has 7 heteroatoms. The van der Waals surface area contributed by atoms with E-state index in [1.165, 1.54) is 0 Å². The normalized spacial score (nSPS) is 15.8. The van der Waals surface area contributed by atoms with Crippen molar-refractivity contribution < 1.29 is 9.59 Å². The van der Waals surface area contributed by atoms with Crippen LogP contribution < -0.4 is 11.1 Å². The zero-order valence-electron chi connectivity index (χ0n) is 11.9. The maximum Gasteiger partial charge on any atom is 0.257 e. The van der Waals surface area contributed by atoms with Crippen molar-refractivity contribution in [3.8, 4) is 0 Å². The lowest BCUT2D eigenvalue weighted by molar-refractivity contribution is -0.122. The second-order valence-electron chi connectivity index (χ2n) is 4.95. The highest BCUT2D eigenvalue weighted by molar-refractivity contribution is 6.34.